The Hall–Kier alpha value is -1.10. The van der Waals surface area contributed by atoms with Crippen molar-refractivity contribution in [3.63, 3.8) is 0 Å². The van der Waals surface area contributed by atoms with E-state index in [9.17, 15) is 0 Å². The van der Waals surface area contributed by atoms with E-state index in [0.29, 0.717) is 6.54 Å². The van der Waals surface area contributed by atoms with Crippen LogP contribution in [0.1, 0.15) is 44.3 Å². The van der Waals surface area contributed by atoms with Crippen molar-refractivity contribution < 1.29 is 0 Å². The summed E-state index contributed by atoms with van der Waals surface area (Å²) in [4.78, 5) is 11.4. The van der Waals surface area contributed by atoms with E-state index in [4.69, 9.17) is 0 Å². The van der Waals surface area contributed by atoms with E-state index >= 15 is 0 Å². The molecule has 0 saturated heterocycles. The van der Waals surface area contributed by atoms with Crippen molar-refractivity contribution >= 4 is 17.3 Å². The molecule has 0 aromatic carbocycles. The maximum absolute atomic E-state index is 4.66. The van der Waals surface area contributed by atoms with Gasteiger partial charge in [-0.1, -0.05) is 20.3 Å². The number of unbranched alkanes of at least 4 members (excludes halogenated alkanes) is 1. The molecule has 1 aromatic heterocycles. The van der Waals surface area contributed by atoms with Crippen LogP contribution in [0.3, 0.4) is 0 Å². The number of aliphatic imine (C=N–C) groups is 1. The molecule has 0 saturated carbocycles. The predicted molar refractivity (Wildman–Crippen MR) is 83.8 cm³/mol. The van der Waals surface area contributed by atoms with Crippen molar-refractivity contribution in [2.24, 2.45) is 4.99 Å². The zero-order chi connectivity index (χ0) is 14.1. The summed E-state index contributed by atoms with van der Waals surface area (Å²) in [6.45, 7) is 9.04. The van der Waals surface area contributed by atoms with Gasteiger partial charge in [-0.25, -0.2) is 9.98 Å². The van der Waals surface area contributed by atoms with Crippen LogP contribution in [0.2, 0.25) is 0 Å². The number of guanidine groups is 1. The zero-order valence-electron chi connectivity index (χ0n) is 12.6. The quantitative estimate of drug-likeness (QED) is 0.617. The van der Waals surface area contributed by atoms with Crippen LogP contribution in [0.4, 0.5) is 0 Å². The average Bonchev–Trinajstić information content (AvgIpc) is 2.88. The molecule has 0 bridgehead atoms. The normalized spacial score (nSPS) is 11.7. The van der Waals surface area contributed by atoms with Gasteiger partial charge < -0.3 is 10.2 Å². The lowest BCUT2D eigenvalue weighted by Crippen LogP contribution is -2.39. The molecule has 0 aliphatic heterocycles. The van der Waals surface area contributed by atoms with Crippen LogP contribution in [0.5, 0.6) is 0 Å². The van der Waals surface area contributed by atoms with Gasteiger partial charge in [-0.2, -0.15) is 0 Å². The van der Waals surface area contributed by atoms with Crippen LogP contribution < -0.4 is 5.32 Å². The number of hydrogen-bond donors (Lipinski definition) is 1. The van der Waals surface area contributed by atoms with Crippen LogP contribution in [-0.2, 0) is 13.0 Å². The van der Waals surface area contributed by atoms with Crippen LogP contribution in [0.15, 0.2) is 10.4 Å². The standard InChI is InChI=1S/C14H26N4S/c1-5-8-9-18(4)14(15-7-3)16-10-12-11-19-13(6-2)17-12/h11H,5-10H2,1-4H3,(H,15,16). The summed E-state index contributed by atoms with van der Waals surface area (Å²) in [5.74, 6) is 0.974. The molecule has 0 atom stereocenters. The number of nitrogens with zero attached hydrogens (tertiary/aromatic N) is 3. The molecule has 108 valence electrons. The van der Waals surface area contributed by atoms with E-state index in [2.05, 4.69) is 53.4 Å². The topological polar surface area (TPSA) is 40.5 Å². The molecule has 19 heavy (non-hydrogen) atoms. The molecule has 0 spiro atoms. The molecule has 4 nitrogen and oxygen atoms in total. The van der Waals surface area contributed by atoms with E-state index in [1.165, 1.54) is 17.8 Å². The van der Waals surface area contributed by atoms with Crippen LogP contribution in [-0.4, -0.2) is 36.0 Å². The SMILES string of the molecule is CCCCN(C)C(=NCc1csc(CC)n1)NCC. The fourth-order valence-electron chi connectivity index (χ4n) is 1.71. The third-order valence-electron chi connectivity index (χ3n) is 2.84. The van der Waals surface area contributed by atoms with Crippen molar-refractivity contribution in [1.82, 2.24) is 15.2 Å². The highest BCUT2D eigenvalue weighted by Gasteiger charge is 2.05. The van der Waals surface area contributed by atoms with Gasteiger partial charge >= 0.3 is 0 Å². The Morgan fingerprint density at radius 2 is 2.21 bits per heavy atom. The smallest absolute Gasteiger partial charge is 0.194 e. The highest BCUT2D eigenvalue weighted by molar-refractivity contribution is 7.09. The van der Waals surface area contributed by atoms with E-state index < -0.39 is 0 Å². The third kappa shape index (κ3) is 5.59. The van der Waals surface area contributed by atoms with Gasteiger partial charge in [-0.3, -0.25) is 0 Å². The number of aromatic nitrogens is 1. The molecule has 0 fully saturated rings. The van der Waals surface area contributed by atoms with Crippen LogP contribution >= 0.6 is 11.3 Å². The first-order chi connectivity index (χ1) is 9.21. The molecular formula is C14H26N4S. The number of hydrogen-bond acceptors (Lipinski definition) is 3. The molecule has 0 unspecified atom stereocenters. The van der Waals surface area contributed by atoms with Gasteiger partial charge in [-0.05, 0) is 19.8 Å². The molecule has 0 aliphatic carbocycles. The second-order valence-corrected chi connectivity index (χ2v) is 5.47. The Balaban J connectivity index is 2.61. The first-order valence-corrected chi connectivity index (χ1v) is 8.01. The molecule has 1 N–H and O–H groups in total. The van der Waals surface area contributed by atoms with Crippen molar-refractivity contribution in [2.75, 3.05) is 20.1 Å². The number of thiazole rings is 1. The van der Waals surface area contributed by atoms with Crippen molar-refractivity contribution in [3.05, 3.63) is 16.1 Å². The lowest BCUT2D eigenvalue weighted by Gasteiger charge is -2.21. The summed E-state index contributed by atoms with van der Waals surface area (Å²) >= 11 is 1.72. The van der Waals surface area contributed by atoms with E-state index in [1.54, 1.807) is 11.3 Å². The molecular weight excluding hydrogens is 256 g/mol. The minimum atomic E-state index is 0.662. The van der Waals surface area contributed by atoms with Crippen molar-refractivity contribution in [1.29, 1.82) is 0 Å². The average molecular weight is 282 g/mol. The van der Waals surface area contributed by atoms with E-state index in [1.807, 2.05) is 0 Å². The molecule has 0 aliphatic rings. The maximum Gasteiger partial charge on any atom is 0.194 e. The summed E-state index contributed by atoms with van der Waals surface area (Å²) in [6, 6.07) is 0. The lowest BCUT2D eigenvalue weighted by molar-refractivity contribution is 0.464. The van der Waals surface area contributed by atoms with Gasteiger partial charge in [0.1, 0.15) is 0 Å². The van der Waals surface area contributed by atoms with Gasteiger partial charge in [-0.15, -0.1) is 11.3 Å². The predicted octanol–water partition coefficient (Wildman–Crippen LogP) is 2.90. The number of aryl methyl sites for hydroxylation is 1. The minimum Gasteiger partial charge on any atom is -0.357 e. The summed E-state index contributed by atoms with van der Waals surface area (Å²) < 4.78 is 0. The zero-order valence-corrected chi connectivity index (χ0v) is 13.4. The Morgan fingerprint density at radius 1 is 1.42 bits per heavy atom. The Morgan fingerprint density at radius 3 is 2.79 bits per heavy atom. The van der Waals surface area contributed by atoms with Gasteiger partial charge in [0, 0.05) is 25.5 Å². The lowest BCUT2D eigenvalue weighted by atomic mass is 10.3. The maximum atomic E-state index is 4.66. The number of rotatable bonds is 7. The molecule has 1 rings (SSSR count). The largest absolute Gasteiger partial charge is 0.357 e. The Kier molecular flexibility index (Phi) is 7.48. The molecule has 1 heterocycles. The van der Waals surface area contributed by atoms with E-state index in [-0.39, 0.29) is 0 Å². The molecule has 5 heteroatoms. The monoisotopic (exact) mass is 282 g/mol. The van der Waals surface area contributed by atoms with Gasteiger partial charge in [0.15, 0.2) is 5.96 Å². The first-order valence-electron chi connectivity index (χ1n) is 7.13. The minimum absolute atomic E-state index is 0.662. The second-order valence-electron chi connectivity index (χ2n) is 4.53. The first kappa shape index (κ1) is 16.0. The van der Waals surface area contributed by atoms with E-state index in [0.717, 1.165) is 31.2 Å². The highest BCUT2D eigenvalue weighted by atomic mass is 32.1. The van der Waals surface area contributed by atoms with Crippen LogP contribution in [0, 0.1) is 0 Å². The van der Waals surface area contributed by atoms with Gasteiger partial charge in [0.25, 0.3) is 0 Å². The van der Waals surface area contributed by atoms with Crippen molar-refractivity contribution in [2.45, 2.75) is 46.6 Å². The Labute approximate surface area is 121 Å². The summed E-state index contributed by atoms with van der Waals surface area (Å²) in [7, 11) is 2.09. The van der Waals surface area contributed by atoms with Crippen LogP contribution in [0.25, 0.3) is 0 Å². The molecule has 0 amide bonds. The second kappa shape index (κ2) is 8.91. The molecule has 1 aromatic rings. The summed E-state index contributed by atoms with van der Waals surface area (Å²) in [5.41, 5.74) is 1.07. The number of nitrogens with one attached hydrogen (secondary N) is 1. The van der Waals surface area contributed by atoms with Crippen molar-refractivity contribution in [3.8, 4) is 0 Å². The highest BCUT2D eigenvalue weighted by Crippen LogP contribution is 2.11. The Bertz CT molecular complexity index is 387. The third-order valence-corrected chi connectivity index (χ3v) is 3.88. The van der Waals surface area contributed by atoms with Gasteiger partial charge in [0.2, 0.25) is 0 Å². The summed E-state index contributed by atoms with van der Waals surface area (Å²) in [5, 5.41) is 6.63. The fourth-order valence-corrected chi connectivity index (χ4v) is 2.45. The summed E-state index contributed by atoms with van der Waals surface area (Å²) in [6.07, 6.45) is 3.40. The fraction of sp³-hybridized carbons (Fsp3) is 0.714. The van der Waals surface area contributed by atoms with Gasteiger partial charge in [0.05, 0.1) is 17.2 Å². The molecule has 0 radical (unpaired) electrons.